The fourth-order valence-corrected chi connectivity index (χ4v) is 1.89. The Kier molecular flexibility index (Phi) is 3.93. The second kappa shape index (κ2) is 5.46. The second-order valence-electron chi connectivity index (χ2n) is 4.96. The fourth-order valence-electron chi connectivity index (χ4n) is 1.89. The van der Waals surface area contributed by atoms with Crippen LogP contribution < -0.4 is 5.32 Å². The van der Waals surface area contributed by atoms with Crippen molar-refractivity contribution in [3.63, 3.8) is 0 Å². The van der Waals surface area contributed by atoms with E-state index in [1.807, 2.05) is 25.4 Å². The van der Waals surface area contributed by atoms with Crippen molar-refractivity contribution in [2.75, 3.05) is 6.61 Å². The highest BCUT2D eigenvalue weighted by atomic mass is 16.3. The molecule has 0 bridgehead atoms. The van der Waals surface area contributed by atoms with Crippen LogP contribution >= 0.6 is 0 Å². The number of nitrogens with zero attached hydrogens (tertiary/aromatic N) is 3. The van der Waals surface area contributed by atoms with Crippen molar-refractivity contribution in [2.24, 2.45) is 5.92 Å². The molecule has 0 unspecified atom stereocenters. The van der Waals surface area contributed by atoms with Crippen LogP contribution in [-0.4, -0.2) is 32.4 Å². The van der Waals surface area contributed by atoms with E-state index in [-0.39, 0.29) is 12.6 Å². The first-order valence-electron chi connectivity index (χ1n) is 6.25. The maximum absolute atomic E-state index is 9.25. The van der Waals surface area contributed by atoms with Crippen molar-refractivity contribution < 1.29 is 5.11 Å². The monoisotopic (exact) mass is 248 g/mol. The van der Waals surface area contributed by atoms with Gasteiger partial charge in [-0.05, 0) is 12.8 Å². The van der Waals surface area contributed by atoms with Crippen LogP contribution in [0.4, 0.5) is 0 Å². The molecule has 2 aromatic rings. The predicted molar refractivity (Wildman–Crippen MR) is 70.3 cm³/mol. The zero-order valence-electron chi connectivity index (χ0n) is 11.1. The van der Waals surface area contributed by atoms with Gasteiger partial charge in [-0.25, -0.2) is 9.50 Å². The standard InChI is InChI=1S/C13H20N4O/c1-9(2)12(8-18)14-5-11-6-15-13-4-10(3)16-17(13)7-11/h4,6-7,9,12,14,18H,5,8H2,1-3H3/t12-/m1/s1. The molecule has 0 saturated heterocycles. The molecule has 98 valence electrons. The Morgan fingerprint density at radius 2 is 2.22 bits per heavy atom. The summed E-state index contributed by atoms with van der Waals surface area (Å²) >= 11 is 0. The molecule has 0 saturated carbocycles. The molecule has 0 aliphatic carbocycles. The number of aromatic nitrogens is 3. The summed E-state index contributed by atoms with van der Waals surface area (Å²) < 4.78 is 1.79. The summed E-state index contributed by atoms with van der Waals surface area (Å²) in [5, 5.41) is 16.9. The van der Waals surface area contributed by atoms with Gasteiger partial charge in [-0.1, -0.05) is 13.8 Å². The van der Waals surface area contributed by atoms with E-state index < -0.39 is 0 Å². The summed E-state index contributed by atoms with van der Waals surface area (Å²) in [6.45, 7) is 6.96. The molecule has 5 heteroatoms. The highest BCUT2D eigenvalue weighted by Crippen LogP contribution is 2.06. The van der Waals surface area contributed by atoms with Gasteiger partial charge in [-0.15, -0.1) is 0 Å². The zero-order chi connectivity index (χ0) is 13.1. The van der Waals surface area contributed by atoms with Crippen LogP contribution in [0.5, 0.6) is 0 Å². The lowest BCUT2D eigenvalue weighted by Crippen LogP contribution is -2.36. The van der Waals surface area contributed by atoms with E-state index in [0.29, 0.717) is 12.5 Å². The van der Waals surface area contributed by atoms with Crippen LogP contribution in [0.15, 0.2) is 18.5 Å². The van der Waals surface area contributed by atoms with Gasteiger partial charge < -0.3 is 10.4 Å². The van der Waals surface area contributed by atoms with Gasteiger partial charge in [0.2, 0.25) is 0 Å². The van der Waals surface area contributed by atoms with Crippen molar-refractivity contribution in [1.29, 1.82) is 0 Å². The lowest BCUT2D eigenvalue weighted by molar-refractivity contribution is 0.210. The van der Waals surface area contributed by atoms with Gasteiger partial charge in [-0.2, -0.15) is 5.10 Å². The van der Waals surface area contributed by atoms with Gasteiger partial charge >= 0.3 is 0 Å². The fraction of sp³-hybridized carbons (Fsp3) is 0.538. The minimum Gasteiger partial charge on any atom is -0.395 e. The first-order valence-corrected chi connectivity index (χ1v) is 6.25. The third kappa shape index (κ3) is 2.86. The highest BCUT2D eigenvalue weighted by molar-refractivity contribution is 5.38. The van der Waals surface area contributed by atoms with Crippen LogP contribution in [0.2, 0.25) is 0 Å². The normalized spacial score (nSPS) is 13.4. The summed E-state index contributed by atoms with van der Waals surface area (Å²) in [7, 11) is 0. The Bertz CT molecular complexity index is 521. The van der Waals surface area contributed by atoms with E-state index in [1.54, 1.807) is 4.52 Å². The molecule has 2 heterocycles. The summed E-state index contributed by atoms with van der Waals surface area (Å²) in [5.74, 6) is 0.402. The second-order valence-corrected chi connectivity index (χ2v) is 4.96. The quantitative estimate of drug-likeness (QED) is 0.833. The van der Waals surface area contributed by atoms with Crippen LogP contribution in [0, 0.1) is 12.8 Å². The van der Waals surface area contributed by atoms with Gasteiger partial charge in [0.25, 0.3) is 0 Å². The topological polar surface area (TPSA) is 62.5 Å². The summed E-state index contributed by atoms with van der Waals surface area (Å²) in [5.41, 5.74) is 2.88. The lowest BCUT2D eigenvalue weighted by atomic mass is 10.1. The van der Waals surface area contributed by atoms with Gasteiger partial charge in [-0.3, -0.25) is 0 Å². The molecular formula is C13H20N4O. The molecule has 5 nitrogen and oxygen atoms in total. The van der Waals surface area contributed by atoms with Gasteiger partial charge in [0.1, 0.15) is 0 Å². The Labute approximate surface area is 107 Å². The smallest absolute Gasteiger partial charge is 0.155 e. The average Bonchev–Trinajstić information content (AvgIpc) is 2.68. The minimum absolute atomic E-state index is 0.111. The Morgan fingerprint density at radius 1 is 1.44 bits per heavy atom. The summed E-state index contributed by atoms with van der Waals surface area (Å²) in [4.78, 5) is 4.35. The molecule has 2 N–H and O–H groups in total. The van der Waals surface area contributed by atoms with E-state index in [0.717, 1.165) is 16.9 Å². The van der Waals surface area contributed by atoms with Crippen LogP contribution in [0.25, 0.3) is 5.65 Å². The number of rotatable bonds is 5. The molecule has 0 spiro atoms. The molecule has 0 amide bonds. The number of hydrogen-bond donors (Lipinski definition) is 2. The van der Waals surface area contributed by atoms with Crippen molar-refractivity contribution >= 4 is 5.65 Å². The molecule has 0 aromatic carbocycles. The number of nitrogens with one attached hydrogen (secondary N) is 1. The third-order valence-corrected chi connectivity index (χ3v) is 3.06. The number of aliphatic hydroxyl groups is 1. The number of aliphatic hydroxyl groups excluding tert-OH is 1. The number of aryl methyl sites for hydroxylation is 1. The lowest BCUT2D eigenvalue weighted by Gasteiger charge is -2.19. The predicted octanol–water partition coefficient (Wildman–Crippen LogP) is 1.14. The average molecular weight is 248 g/mol. The van der Waals surface area contributed by atoms with E-state index >= 15 is 0 Å². The maximum atomic E-state index is 9.25. The van der Waals surface area contributed by atoms with Crippen molar-refractivity contribution in [1.82, 2.24) is 19.9 Å². The molecule has 0 aliphatic heterocycles. The molecular weight excluding hydrogens is 228 g/mol. The largest absolute Gasteiger partial charge is 0.395 e. The molecule has 0 fully saturated rings. The first-order chi connectivity index (χ1) is 8.60. The van der Waals surface area contributed by atoms with Crippen molar-refractivity contribution in [3.05, 3.63) is 29.7 Å². The van der Waals surface area contributed by atoms with Crippen molar-refractivity contribution in [2.45, 2.75) is 33.4 Å². The SMILES string of the molecule is Cc1cc2ncc(CN[C@H](CO)C(C)C)cn2n1. The van der Waals surface area contributed by atoms with E-state index in [4.69, 9.17) is 0 Å². The van der Waals surface area contributed by atoms with Crippen molar-refractivity contribution in [3.8, 4) is 0 Å². The van der Waals surface area contributed by atoms with Crippen LogP contribution in [0.1, 0.15) is 25.1 Å². The molecule has 1 atom stereocenters. The highest BCUT2D eigenvalue weighted by Gasteiger charge is 2.11. The van der Waals surface area contributed by atoms with Gasteiger partial charge in [0, 0.05) is 36.6 Å². The third-order valence-electron chi connectivity index (χ3n) is 3.06. The first kappa shape index (κ1) is 13.0. The minimum atomic E-state index is 0.111. The Morgan fingerprint density at radius 3 is 2.89 bits per heavy atom. The van der Waals surface area contributed by atoms with E-state index in [9.17, 15) is 5.11 Å². The molecule has 0 radical (unpaired) electrons. The summed E-state index contributed by atoms with van der Waals surface area (Å²) in [6.07, 6.45) is 3.81. The van der Waals surface area contributed by atoms with Crippen LogP contribution in [0.3, 0.4) is 0 Å². The number of hydrogen-bond acceptors (Lipinski definition) is 4. The van der Waals surface area contributed by atoms with Gasteiger partial charge in [0.15, 0.2) is 5.65 Å². The summed E-state index contributed by atoms with van der Waals surface area (Å²) in [6, 6.07) is 2.06. The van der Waals surface area contributed by atoms with Gasteiger partial charge in [0.05, 0.1) is 12.3 Å². The maximum Gasteiger partial charge on any atom is 0.155 e. The molecule has 0 aliphatic rings. The molecule has 2 rings (SSSR count). The molecule has 2 aromatic heterocycles. The van der Waals surface area contributed by atoms with Crippen LogP contribution in [-0.2, 0) is 6.54 Å². The van der Waals surface area contributed by atoms with E-state index in [2.05, 4.69) is 29.2 Å². The Hall–Kier alpha value is -1.46. The number of fused-ring (bicyclic) bond motifs is 1. The Balaban J connectivity index is 2.07. The zero-order valence-corrected chi connectivity index (χ0v) is 11.1. The molecule has 18 heavy (non-hydrogen) atoms. The van der Waals surface area contributed by atoms with E-state index in [1.165, 1.54) is 0 Å².